The number of nitrogens with two attached hydrogens (primary N) is 1. The number of carbonyl (C=O) groups excluding carboxylic acids is 1. The van der Waals surface area contributed by atoms with Crippen LogP contribution in [0.25, 0.3) is 11.3 Å². The van der Waals surface area contributed by atoms with E-state index in [0.29, 0.717) is 11.4 Å². The van der Waals surface area contributed by atoms with Gasteiger partial charge in [0.25, 0.3) is 0 Å². The van der Waals surface area contributed by atoms with Gasteiger partial charge in [-0.15, -0.1) is 0 Å². The molecule has 0 saturated carbocycles. The molecule has 0 aliphatic carbocycles. The quantitative estimate of drug-likeness (QED) is 0.755. The van der Waals surface area contributed by atoms with Gasteiger partial charge in [-0.2, -0.15) is 0 Å². The van der Waals surface area contributed by atoms with Crippen molar-refractivity contribution in [2.75, 3.05) is 5.32 Å². The maximum Gasteiger partial charge on any atom is 0.249 e. The van der Waals surface area contributed by atoms with Crippen LogP contribution in [-0.2, 0) is 0 Å². The summed E-state index contributed by atoms with van der Waals surface area (Å²) in [6.45, 7) is 1.96. The van der Waals surface area contributed by atoms with Crippen LogP contribution >= 0.6 is 0 Å². The topological polar surface area (TPSA) is 80.9 Å². The number of benzene rings is 2. The third kappa shape index (κ3) is 3.41. The number of nitrogens with one attached hydrogen (secondary N) is 1. The molecule has 0 aliphatic rings. The smallest absolute Gasteiger partial charge is 0.249 e. The summed E-state index contributed by atoms with van der Waals surface area (Å²) in [7, 11) is 0. The number of amides is 1. The van der Waals surface area contributed by atoms with E-state index in [1.807, 2.05) is 49.4 Å². The van der Waals surface area contributed by atoms with Crippen LogP contribution in [0.5, 0.6) is 0 Å². The van der Waals surface area contributed by atoms with Gasteiger partial charge in [0.1, 0.15) is 5.82 Å². The molecule has 0 aliphatic heterocycles. The van der Waals surface area contributed by atoms with Crippen molar-refractivity contribution >= 4 is 11.7 Å². The third-order valence-corrected chi connectivity index (χ3v) is 3.76. The zero-order valence-corrected chi connectivity index (χ0v) is 13.3. The lowest BCUT2D eigenvalue weighted by atomic mass is 10.0. The van der Waals surface area contributed by atoms with Crippen LogP contribution in [-0.4, -0.2) is 15.9 Å². The SMILES string of the molecule is CC(Nc1cncc(-c2ccccc2)n1)c1ccccc1C(N)=O. The van der Waals surface area contributed by atoms with E-state index in [2.05, 4.69) is 15.3 Å². The molecule has 5 heteroatoms. The molecule has 1 atom stereocenters. The first-order valence-electron chi connectivity index (χ1n) is 7.68. The zero-order chi connectivity index (χ0) is 16.9. The Bertz CT molecular complexity index is 849. The molecule has 5 nitrogen and oxygen atoms in total. The summed E-state index contributed by atoms with van der Waals surface area (Å²) < 4.78 is 0. The molecule has 0 saturated heterocycles. The lowest BCUT2D eigenvalue weighted by Gasteiger charge is -2.17. The molecule has 1 heterocycles. The predicted octanol–water partition coefficient (Wildman–Crippen LogP) is 3.42. The standard InChI is InChI=1S/C19H18N4O/c1-13(15-9-5-6-10-16(15)19(20)24)22-18-12-21-11-17(23-18)14-7-3-2-4-8-14/h2-13H,1H3,(H2,20,24)(H,22,23). The number of aromatic nitrogens is 2. The molecule has 3 aromatic rings. The van der Waals surface area contributed by atoms with Gasteiger partial charge in [-0.25, -0.2) is 4.98 Å². The molecule has 0 bridgehead atoms. The third-order valence-electron chi connectivity index (χ3n) is 3.76. The second-order valence-corrected chi connectivity index (χ2v) is 5.47. The summed E-state index contributed by atoms with van der Waals surface area (Å²) in [5.74, 6) is 0.200. The van der Waals surface area contributed by atoms with Crippen molar-refractivity contribution in [2.24, 2.45) is 5.73 Å². The summed E-state index contributed by atoms with van der Waals surface area (Å²) in [6, 6.07) is 17.0. The van der Waals surface area contributed by atoms with Crippen LogP contribution in [0.3, 0.4) is 0 Å². The van der Waals surface area contributed by atoms with Crippen molar-refractivity contribution in [3.8, 4) is 11.3 Å². The molecular weight excluding hydrogens is 300 g/mol. The van der Waals surface area contributed by atoms with Gasteiger partial charge in [0.05, 0.1) is 24.1 Å². The number of anilines is 1. The van der Waals surface area contributed by atoms with Gasteiger partial charge < -0.3 is 11.1 Å². The van der Waals surface area contributed by atoms with Crippen LogP contribution in [0.4, 0.5) is 5.82 Å². The Balaban J connectivity index is 1.86. The van der Waals surface area contributed by atoms with Gasteiger partial charge in [0, 0.05) is 11.1 Å². The summed E-state index contributed by atoms with van der Waals surface area (Å²) >= 11 is 0. The van der Waals surface area contributed by atoms with Crippen molar-refractivity contribution in [1.29, 1.82) is 0 Å². The minimum absolute atomic E-state index is 0.131. The normalized spacial score (nSPS) is 11.7. The van der Waals surface area contributed by atoms with E-state index < -0.39 is 5.91 Å². The van der Waals surface area contributed by atoms with Crippen LogP contribution in [0.15, 0.2) is 67.0 Å². The van der Waals surface area contributed by atoms with Crippen molar-refractivity contribution in [1.82, 2.24) is 9.97 Å². The number of hydrogen-bond acceptors (Lipinski definition) is 4. The zero-order valence-electron chi connectivity index (χ0n) is 13.3. The molecule has 1 amide bonds. The molecule has 2 aromatic carbocycles. The van der Waals surface area contributed by atoms with E-state index in [1.165, 1.54) is 0 Å². The van der Waals surface area contributed by atoms with Crippen LogP contribution < -0.4 is 11.1 Å². The highest BCUT2D eigenvalue weighted by atomic mass is 16.1. The number of hydrogen-bond donors (Lipinski definition) is 2. The molecule has 0 spiro atoms. The molecule has 3 N–H and O–H groups in total. The summed E-state index contributed by atoms with van der Waals surface area (Å²) in [6.07, 6.45) is 3.39. The molecule has 3 rings (SSSR count). The molecule has 0 fully saturated rings. The average molecular weight is 318 g/mol. The fourth-order valence-corrected chi connectivity index (χ4v) is 2.58. The van der Waals surface area contributed by atoms with E-state index in [4.69, 9.17) is 5.73 Å². The number of rotatable bonds is 5. The Kier molecular flexibility index (Phi) is 4.52. The molecule has 1 unspecified atom stereocenters. The molecule has 1 aromatic heterocycles. The predicted molar refractivity (Wildman–Crippen MR) is 94.5 cm³/mol. The summed E-state index contributed by atoms with van der Waals surface area (Å²) in [5, 5.41) is 3.28. The van der Waals surface area contributed by atoms with Crippen LogP contribution in [0, 0.1) is 0 Å². The van der Waals surface area contributed by atoms with E-state index in [0.717, 1.165) is 16.8 Å². The van der Waals surface area contributed by atoms with E-state index in [9.17, 15) is 4.79 Å². The van der Waals surface area contributed by atoms with Gasteiger partial charge in [0.2, 0.25) is 5.91 Å². The van der Waals surface area contributed by atoms with Crippen molar-refractivity contribution in [3.05, 3.63) is 78.1 Å². The van der Waals surface area contributed by atoms with Crippen molar-refractivity contribution < 1.29 is 4.79 Å². The first-order valence-corrected chi connectivity index (χ1v) is 7.68. The van der Waals surface area contributed by atoms with E-state index in [1.54, 1.807) is 24.5 Å². The lowest BCUT2D eigenvalue weighted by Crippen LogP contribution is -2.18. The average Bonchev–Trinajstić information content (AvgIpc) is 2.62. The van der Waals surface area contributed by atoms with Crippen molar-refractivity contribution in [3.63, 3.8) is 0 Å². The van der Waals surface area contributed by atoms with Crippen LogP contribution in [0.2, 0.25) is 0 Å². The Morgan fingerprint density at radius 2 is 1.75 bits per heavy atom. The Labute approximate surface area is 140 Å². The molecular formula is C19H18N4O. The first-order chi connectivity index (χ1) is 11.6. The molecule has 0 radical (unpaired) electrons. The molecule has 24 heavy (non-hydrogen) atoms. The lowest BCUT2D eigenvalue weighted by molar-refractivity contribution is 0.0999. The number of primary amides is 1. The first kappa shape index (κ1) is 15.7. The van der Waals surface area contributed by atoms with Gasteiger partial charge in [0.15, 0.2) is 0 Å². The van der Waals surface area contributed by atoms with E-state index in [-0.39, 0.29) is 6.04 Å². The second-order valence-electron chi connectivity index (χ2n) is 5.47. The van der Waals surface area contributed by atoms with Crippen molar-refractivity contribution in [2.45, 2.75) is 13.0 Å². The number of carbonyl (C=O) groups is 1. The Morgan fingerprint density at radius 3 is 2.50 bits per heavy atom. The van der Waals surface area contributed by atoms with Crippen LogP contribution in [0.1, 0.15) is 28.9 Å². The maximum absolute atomic E-state index is 11.6. The monoisotopic (exact) mass is 318 g/mol. The fourth-order valence-electron chi connectivity index (χ4n) is 2.58. The van der Waals surface area contributed by atoms with Gasteiger partial charge in [-0.05, 0) is 18.6 Å². The van der Waals surface area contributed by atoms with E-state index >= 15 is 0 Å². The summed E-state index contributed by atoms with van der Waals surface area (Å²) in [4.78, 5) is 20.4. The largest absolute Gasteiger partial charge is 0.366 e. The van der Waals surface area contributed by atoms with Gasteiger partial charge in [-0.3, -0.25) is 9.78 Å². The maximum atomic E-state index is 11.6. The highest BCUT2D eigenvalue weighted by molar-refractivity contribution is 5.94. The minimum atomic E-state index is -0.441. The fraction of sp³-hybridized carbons (Fsp3) is 0.105. The minimum Gasteiger partial charge on any atom is -0.366 e. The van der Waals surface area contributed by atoms with Gasteiger partial charge in [-0.1, -0.05) is 48.5 Å². The second kappa shape index (κ2) is 6.91. The Hall–Kier alpha value is -3.21. The highest BCUT2D eigenvalue weighted by Crippen LogP contribution is 2.23. The number of nitrogens with zero attached hydrogens (tertiary/aromatic N) is 2. The highest BCUT2D eigenvalue weighted by Gasteiger charge is 2.14. The van der Waals surface area contributed by atoms with Gasteiger partial charge >= 0.3 is 0 Å². The Morgan fingerprint density at radius 1 is 1.04 bits per heavy atom. The molecule has 120 valence electrons. The summed E-state index contributed by atoms with van der Waals surface area (Å²) in [5.41, 5.74) is 8.57.